The average Bonchev–Trinajstić information content (AvgIpc) is 2.62. The monoisotopic (exact) mass is 478 g/mol. The lowest BCUT2D eigenvalue weighted by atomic mass is 10.2. The predicted molar refractivity (Wildman–Crippen MR) is 110 cm³/mol. The summed E-state index contributed by atoms with van der Waals surface area (Å²) in [5.74, 6) is 1.71. The van der Waals surface area contributed by atoms with E-state index in [1.807, 2.05) is 48.5 Å². The van der Waals surface area contributed by atoms with Gasteiger partial charge in [-0.25, -0.2) is 0 Å². The first-order valence-electron chi connectivity index (χ1n) is 7.68. The van der Waals surface area contributed by atoms with Crippen LogP contribution >= 0.6 is 43.6 Å². The van der Waals surface area contributed by atoms with Crippen LogP contribution in [-0.4, -0.2) is 5.11 Å². The van der Waals surface area contributed by atoms with E-state index in [1.54, 1.807) is 17.8 Å². The van der Waals surface area contributed by atoms with Crippen LogP contribution in [0.5, 0.6) is 11.5 Å². The number of hydrogen-bond acceptors (Lipinski definition) is 3. The summed E-state index contributed by atoms with van der Waals surface area (Å²) >= 11 is 8.45. The molecule has 0 amide bonds. The van der Waals surface area contributed by atoms with E-state index in [-0.39, 0.29) is 5.75 Å². The lowest BCUT2D eigenvalue weighted by Crippen LogP contribution is -1.95. The summed E-state index contributed by atoms with van der Waals surface area (Å²) in [6, 6.07) is 21.6. The maximum atomic E-state index is 10.2. The highest BCUT2D eigenvalue weighted by Crippen LogP contribution is 2.34. The summed E-state index contributed by atoms with van der Waals surface area (Å²) < 4.78 is 7.86. The first-order valence-corrected chi connectivity index (χ1v) is 10.2. The summed E-state index contributed by atoms with van der Waals surface area (Å²) in [5, 5.41) is 10.2. The van der Waals surface area contributed by atoms with Crippen LogP contribution in [0.3, 0.4) is 0 Å². The topological polar surface area (TPSA) is 29.5 Å². The number of thioether (sulfide) groups is 1. The zero-order chi connectivity index (χ0) is 17.6. The molecule has 0 fully saturated rings. The Morgan fingerprint density at radius 3 is 2.00 bits per heavy atom. The zero-order valence-corrected chi connectivity index (χ0v) is 17.3. The van der Waals surface area contributed by atoms with E-state index < -0.39 is 0 Å². The molecule has 5 heteroatoms. The van der Waals surface area contributed by atoms with Crippen molar-refractivity contribution in [1.29, 1.82) is 0 Å². The number of ether oxygens (including phenoxy) is 1. The third kappa shape index (κ3) is 5.53. The largest absolute Gasteiger partial charge is 0.507 e. The van der Waals surface area contributed by atoms with Crippen LogP contribution in [0.25, 0.3) is 0 Å². The molecule has 0 saturated heterocycles. The normalized spacial score (nSPS) is 10.6. The molecule has 2 nitrogen and oxygen atoms in total. The molecule has 0 bridgehead atoms. The average molecular weight is 480 g/mol. The fourth-order valence-electron chi connectivity index (χ4n) is 2.20. The van der Waals surface area contributed by atoms with E-state index in [0.717, 1.165) is 25.2 Å². The van der Waals surface area contributed by atoms with Crippen molar-refractivity contribution in [3.05, 3.63) is 86.8 Å². The Balaban J connectivity index is 1.58. The molecular weight excluding hydrogens is 464 g/mol. The van der Waals surface area contributed by atoms with Crippen molar-refractivity contribution in [1.82, 2.24) is 0 Å². The van der Waals surface area contributed by atoms with Gasteiger partial charge in [0, 0.05) is 25.7 Å². The SMILES string of the molecule is Oc1cc(OCc2ccc(Br)cc2)ccc1SCc1ccc(Br)cc1. The fraction of sp³-hybridized carbons (Fsp3) is 0.100. The van der Waals surface area contributed by atoms with Gasteiger partial charge in [0.25, 0.3) is 0 Å². The number of benzene rings is 3. The van der Waals surface area contributed by atoms with Crippen molar-refractivity contribution in [2.24, 2.45) is 0 Å². The van der Waals surface area contributed by atoms with Gasteiger partial charge in [-0.15, -0.1) is 11.8 Å². The Morgan fingerprint density at radius 1 is 0.800 bits per heavy atom. The van der Waals surface area contributed by atoms with Gasteiger partial charge in [-0.05, 0) is 47.5 Å². The lowest BCUT2D eigenvalue weighted by molar-refractivity contribution is 0.304. The standard InChI is InChI=1S/C20H16Br2O2S/c21-16-5-1-14(2-6-16)12-24-18-9-10-20(19(23)11-18)25-13-15-3-7-17(22)8-4-15/h1-11,23H,12-13H2. The second-order valence-electron chi connectivity index (χ2n) is 5.46. The van der Waals surface area contributed by atoms with Gasteiger partial charge in [-0.2, -0.15) is 0 Å². The van der Waals surface area contributed by atoms with E-state index in [0.29, 0.717) is 12.4 Å². The number of rotatable bonds is 6. The van der Waals surface area contributed by atoms with E-state index >= 15 is 0 Å². The van der Waals surface area contributed by atoms with Gasteiger partial charge in [0.2, 0.25) is 0 Å². The smallest absolute Gasteiger partial charge is 0.132 e. The maximum Gasteiger partial charge on any atom is 0.132 e. The Morgan fingerprint density at radius 2 is 1.40 bits per heavy atom. The highest BCUT2D eigenvalue weighted by molar-refractivity contribution is 9.10. The molecule has 3 aromatic rings. The number of halogens is 2. The van der Waals surface area contributed by atoms with Crippen molar-refractivity contribution in [3.63, 3.8) is 0 Å². The Kier molecular flexibility index (Phi) is 6.45. The molecule has 0 aliphatic heterocycles. The van der Waals surface area contributed by atoms with E-state index in [9.17, 15) is 5.11 Å². The molecule has 3 aromatic carbocycles. The molecule has 0 unspecified atom stereocenters. The van der Waals surface area contributed by atoms with Crippen LogP contribution in [0.4, 0.5) is 0 Å². The molecule has 25 heavy (non-hydrogen) atoms. The lowest BCUT2D eigenvalue weighted by Gasteiger charge is -2.09. The Bertz CT molecular complexity index is 833. The van der Waals surface area contributed by atoms with Gasteiger partial charge in [0.1, 0.15) is 18.1 Å². The van der Waals surface area contributed by atoms with Crippen LogP contribution < -0.4 is 4.74 Å². The third-order valence-corrected chi connectivity index (χ3v) is 5.75. The highest BCUT2D eigenvalue weighted by Gasteiger charge is 2.05. The summed E-state index contributed by atoms with van der Waals surface area (Å²) in [6.07, 6.45) is 0. The molecule has 0 aromatic heterocycles. The fourth-order valence-corrected chi connectivity index (χ4v) is 3.61. The predicted octanol–water partition coefficient (Wildman–Crippen LogP) is 6.79. The highest BCUT2D eigenvalue weighted by atomic mass is 79.9. The molecule has 0 heterocycles. The van der Waals surface area contributed by atoms with E-state index in [2.05, 4.69) is 44.0 Å². The van der Waals surface area contributed by atoms with Crippen molar-refractivity contribution in [3.8, 4) is 11.5 Å². The van der Waals surface area contributed by atoms with Gasteiger partial charge in [-0.1, -0.05) is 56.1 Å². The minimum atomic E-state index is 0.246. The molecular formula is C20H16Br2O2S. The quantitative estimate of drug-likeness (QED) is 0.394. The van der Waals surface area contributed by atoms with Crippen LogP contribution in [0, 0.1) is 0 Å². The second-order valence-corrected chi connectivity index (χ2v) is 8.31. The van der Waals surface area contributed by atoms with Gasteiger partial charge >= 0.3 is 0 Å². The molecule has 0 aliphatic rings. The van der Waals surface area contributed by atoms with Crippen molar-refractivity contribution >= 4 is 43.6 Å². The summed E-state index contributed by atoms with van der Waals surface area (Å²) in [5.41, 5.74) is 2.29. The van der Waals surface area contributed by atoms with Crippen molar-refractivity contribution in [2.45, 2.75) is 17.3 Å². The third-order valence-electron chi connectivity index (χ3n) is 3.56. The maximum absolute atomic E-state index is 10.2. The first-order chi connectivity index (χ1) is 12.1. The Labute approximate surface area is 168 Å². The van der Waals surface area contributed by atoms with Crippen molar-refractivity contribution < 1.29 is 9.84 Å². The van der Waals surface area contributed by atoms with Crippen LogP contribution in [0.1, 0.15) is 11.1 Å². The zero-order valence-electron chi connectivity index (χ0n) is 13.3. The number of phenols is 1. The summed E-state index contributed by atoms with van der Waals surface area (Å²) in [6.45, 7) is 0.470. The molecule has 0 spiro atoms. The number of hydrogen-bond donors (Lipinski definition) is 1. The molecule has 1 N–H and O–H groups in total. The van der Waals surface area contributed by atoms with E-state index in [1.165, 1.54) is 5.56 Å². The molecule has 0 radical (unpaired) electrons. The molecule has 128 valence electrons. The number of phenolic OH excluding ortho intramolecular Hbond substituents is 1. The van der Waals surface area contributed by atoms with Crippen molar-refractivity contribution in [2.75, 3.05) is 0 Å². The molecule has 0 atom stereocenters. The second kappa shape index (κ2) is 8.79. The van der Waals surface area contributed by atoms with Gasteiger partial charge in [-0.3, -0.25) is 0 Å². The van der Waals surface area contributed by atoms with Gasteiger partial charge in [0.15, 0.2) is 0 Å². The molecule has 0 aliphatic carbocycles. The van der Waals surface area contributed by atoms with Crippen LogP contribution in [-0.2, 0) is 12.4 Å². The molecule has 3 rings (SSSR count). The summed E-state index contributed by atoms with van der Waals surface area (Å²) in [7, 11) is 0. The van der Waals surface area contributed by atoms with Crippen LogP contribution in [0.2, 0.25) is 0 Å². The Hall–Kier alpha value is -1.43. The van der Waals surface area contributed by atoms with Gasteiger partial charge in [0.05, 0.1) is 0 Å². The van der Waals surface area contributed by atoms with Gasteiger partial charge < -0.3 is 9.84 Å². The minimum Gasteiger partial charge on any atom is -0.507 e. The number of aromatic hydroxyl groups is 1. The van der Waals surface area contributed by atoms with Crippen LogP contribution in [0.15, 0.2) is 80.6 Å². The first kappa shape index (κ1) is 18.4. The summed E-state index contributed by atoms with van der Waals surface area (Å²) in [4.78, 5) is 0.846. The van der Waals surface area contributed by atoms with E-state index in [4.69, 9.17) is 4.74 Å². The molecule has 0 saturated carbocycles. The minimum absolute atomic E-state index is 0.246.